The van der Waals surface area contributed by atoms with Gasteiger partial charge in [-0.05, 0) is 43.9 Å². The fourth-order valence-electron chi connectivity index (χ4n) is 3.05. The highest BCUT2D eigenvalue weighted by Crippen LogP contribution is 2.54. The largest absolute Gasteiger partial charge is 0.342 e. The van der Waals surface area contributed by atoms with Crippen molar-refractivity contribution in [1.82, 2.24) is 4.90 Å². The molecule has 0 saturated heterocycles. The van der Waals surface area contributed by atoms with E-state index in [1.54, 1.807) is 0 Å². The van der Waals surface area contributed by atoms with Gasteiger partial charge in [0.25, 0.3) is 0 Å². The molecule has 2 aliphatic rings. The lowest BCUT2D eigenvalue weighted by Gasteiger charge is -2.27. The predicted molar refractivity (Wildman–Crippen MR) is 66.0 cm³/mol. The highest BCUT2D eigenvalue weighted by molar-refractivity contribution is 5.79. The molecule has 2 aliphatic carbocycles. The van der Waals surface area contributed by atoms with Crippen LogP contribution in [0.15, 0.2) is 0 Å². The molecule has 0 aromatic rings. The Hall–Kier alpha value is -0.530. The van der Waals surface area contributed by atoms with E-state index in [4.69, 9.17) is 0 Å². The fourth-order valence-corrected chi connectivity index (χ4v) is 3.05. The zero-order valence-corrected chi connectivity index (χ0v) is 10.9. The number of nitrogens with zero attached hydrogens (tertiary/aromatic N) is 1. The van der Waals surface area contributed by atoms with Crippen molar-refractivity contribution in [1.29, 1.82) is 0 Å². The molecule has 2 heteroatoms. The van der Waals surface area contributed by atoms with Crippen molar-refractivity contribution in [2.24, 2.45) is 23.7 Å². The summed E-state index contributed by atoms with van der Waals surface area (Å²) >= 11 is 0. The number of rotatable bonds is 5. The van der Waals surface area contributed by atoms with Crippen LogP contribution < -0.4 is 0 Å². The Labute approximate surface area is 99.4 Å². The summed E-state index contributed by atoms with van der Waals surface area (Å²) in [6.45, 7) is 8.39. The van der Waals surface area contributed by atoms with E-state index in [9.17, 15) is 4.79 Å². The summed E-state index contributed by atoms with van der Waals surface area (Å²) in [5.41, 5.74) is 0. The second-order valence-electron chi connectivity index (χ2n) is 5.81. The number of hydrogen-bond donors (Lipinski definition) is 0. The molecule has 2 fully saturated rings. The molecule has 0 radical (unpaired) electrons. The van der Waals surface area contributed by atoms with E-state index in [1.165, 1.54) is 25.7 Å². The van der Waals surface area contributed by atoms with Crippen LogP contribution in [0.25, 0.3) is 0 Å². The zero-order chi connectivity index (χ0) is 11.7. The van der Waals surface area contributed by atoms with Gasteiger partial charge in [-0.1, -0.05) is 20.3 Å². The molecule has 0 N–H and O–H groups in total. The highest BCUT2D eigenvalue weighted by Gasteiger charge is 2.48. The van der Waals surface area contributed by atoms with Gasteiger partial charge in [-0.25, -0.2) is 0 Å². The number of carbonyl (C=O) groups excluding carboxylic acids is 1. The van der Waals surface area contributed by atoms with Crippen LogP contribution in [0.5, 0.6) is 0 Å². The molecular formula is C14H25NO. The van der Waals surface area contributed by atoms with Gasteiger partial charge < -0.3 is 4.90 Å². The van der Waals surface area contributed by atoms with E-state index < -0.39 is 0 Å². The van der Waals surface area contributed by atoms with Crippen molar-refractivity contribution in [3.05, 3.63) is 0 Å². The van der Waals surface area contributed by atoms with Gasteiger partial charge in [0.15, 0.2) is 0 Å². The highest BCUT2D eigenvalue weighted by atomic mass is 16.2. The smallest absolute Gasteiger partial charge is 0.225 e. The van der Waals surface area contributed by atoms with Gasteiger partial charge in [-0.3, -0.25) is 4.79 Å². The third kappa shape index (κ3) is 2.41. The lowest BCUT2D eigenvalue weighted by Crippen LogP contribution is -2.38. The molecule has 0 spiro atoms. The Balaban J connectivity index is 1.85. The summed E-state index contributed by atoms with van der Waals surface area (Å²) in [7, 11) is 0. The minimum Gasteiger partial charge on any atom is -0.342 e. The van der Waals surface area contributed by atoms with Crippen LogP contribution in [0.1, 0.15) is 46.5 Å². The quantitative estimate of drug-likeness (QED) is 0.702. The molecule has 0 aromatic heterocycles. The van der Waals surface area contributed by atoms with Crippen molar-refractivity contribution in [2.75, 3.05) is 13.1 Å². The standard InChI is InChI=1S/C14H25NO/c1-4-10(3)9-15(5-2)14(16)13-7-11-6-12(11)8-13/h10-13H,4-9H2,1-3H3. The van der Waals surface area contributed by atoms with Crippen LogP contribution in [-0.4, -0.2) is 23.9 Å². The van der Waals surface area contributed by atoms with Crippen LogP contribution in [0, 0.1) is 23.7 Å². The Kier molecular flexibility index (Phi) is 3.56. The monoisotopic (exact) mass is 223 g/mol. The molecular weight excluding hydrogens is 198 g/mol. The number of fused-ring (bicyclic) bond motifs is 1. The maximum Gasteiger partial charge on any atom is 0.225 e. The average molecular weight is 223 g/mol. The van der Waals surface area contributed by atoms with Gasteiger partial charge in [0.2, 0.25) is 5.91 Å². The van der Waals surface area contributed by atoms with Crippen LogP contribution in [0.4, 0.5) is 0 Å². The summed E-state index contributed by atoms with van der Waals surface area (Å²) in [5.74, 6) is 3.27. The maximum absolute atomic E-state index is 12.3. The molecule has 0 aromatic carbocycles. The first-order chi connectivity index (χ1) is 7.65. The van der Waals surface area contributed by atoms with Gasteiger partial charge in [0, 0.05) is 19.0 Å². The van der Waals surface area contributed by atoms with Gasteiger partial charge in [0.1, 0.15) is 0 Å². The predicted octanol–water partition coefficient (Wildman–Crippen LogP) is 2.93. The van der Waals surface area contributed by atoms with E-state index in [1.807, 2.05) is 0 Å². The topological polar surface area (TPSA) is 20.3 Å². The molecule has 0 heterocycles. The Morgan fingerprint density at radius 1 is 1.25 bits per heavy atom. The second-order valence-corrected chi connectivity index (χ2v) is 5.81. The van der Waals surface area contributed by atoms with E-state index in [0.29, 0.717) is 17.7 Å². The van der Waals surface area contributed by atoms with Gasteiger partial charge in [-0.15, -0.1) is 0 Å². The average Bonchev–Trinajstić information content (AvgIpc) is 2.91. The van der Waals surface area contributed by atoms with Crippen LogP contribution in [-0.2, 0) is 4.79 Å². The molecule has 3 unspecified atom stereocenters. The summed E-state index contributed by atoms with van der Waals surface area (Å²) in [5, 5.41) is 0. The first kappa shape index (κ1) is 11.9. The lowest BCUT2D eigenvalue weighted by atomic mass is 10.0. The first-order valence-corrected chi connectivity index (χ1v) is 6.94. The maximum atomic E-state index is 12.3. The van der Waals surface area contributed by atoms with Crippen LogP contribution in [0.2, 0.25) is 0 Å². The third-order valence-electron chi connectivity index (χ3n) is 4.52. The second kappa shape index (κ2) is 4.77. The Bertz CT molecular complexity index is 253. The molecule has 1 amide bonds. The molecule has 2 nitrogen and oxygen atoms in total. The fraction of sp³-hybridized carbons (Fsp3) is 0.929. The van der Waals surface area contributed by atoms with Crippen molar-refractivity contribution >= 4 is 5.91 Å². The molecule has 3 atom stereocenters. The SMILES string of the molecule is CCC(C)CN(CC)C(=O)C1CC2CC2C1. The normalized spacial score (nSPS) is 33.3. The minimum atomic E-state index is 0.368. The number of hydrogen-bond acceptors (Lipinski definition) is 1. The van der Waals surface area contributed by atoms with Crippen molar-refractivity contribution in [3.8, 4) is 0 Å². The van der Waals surface area contributed by atoms with Crippen LogP contribution >= 0.6 is 0 Å². The van der Waals surface area contributed by atoms with E-state index >= 15 is 0 Å². The minimum absolute atomic E-state index is 0.368. The lowest BCUT2D eigenvalue weighted by molar-refractivity contribution is -0.136. The van der Waals surface area contributed by atoms with Gasteiger partial charge in [0.05, 0.1) is 0 Å². The van der Waals surface area contributed by atoms with Crippen LogP contribution in [0.3, 0.4) is 0 Å². The Morgan fingerprint density at radius 2 is 1.88 bits per heavy atom. The molecule has 0 bridgehead atoms. The molecule has 2 saturated carbocycles. The molecule has 16 heavy (non-hydrogen) atoms. The number of carbonyl (C=O) groups is 1. The molecule has 2 rings (SSSR count). The van der Waals surface area contributed by atoms with E-state index in [-0.39, 0.29) is 0 Å². The van der Waals surface area contributed by atoms with Crippen molar-refractivity contribution in [2.45, 2.75) is 46.5 Å². The van der Waals surface area contributed by atoms with Gasteiger partial charge in [-0.2, -0.15) is 0 Å². The molecule has 92 valence electrons. The summed E-state index contributed by atoms with van der Waals surface area (Å²) in [6.07, 6.45) is 4.93. The number of amides is 1. The Morgan fingerprint density at radius 3 is 2.38 bits per heavy atom. The zero-order valence-electron chi connectivity index (χ0n) is 10.9. The molecule has 0 aliphatic heterocycles. The van der Waals surface area contributed by atoms with Crippen molar-refractivity contribution in [3.63, 3.8) is 0 Å². The van der Waals surface area contributed by atoms with Crippen molar-refractivity contribution < 1.29 is 4.79 Å². The first-order valence-electron chi connectivity index (χ1n) is 6.94. The summed E-state index contributed by atoms with van der Waals surface area (Å²) in [6, 6.07) is 0. The van der Waals surface area contributed by atoms with E-state index in [2.05, 4.69) is 25.7 Å². The van der Waals surface area contributed by atoms with Gasteiger partial charge >= 0.3 is 0 Å². The summed E-state index contributed by atoms with van der Waals surface area (Å²) in [4.78, 5) is 14.4. The van der Waals surface area contributed by atoms with E-state index in [0.717, 1.165) is 24.9 Å². The third-order valence-corrected chi connectivity index (χ3v) is 4.52. The summed E-state index contributed by atoms with van der Waals surface area (Å²) < 4.78 is 0.